The zero-order chi connectivity index (χ0) is 23.5. The lowest BCUT2D eigenvalue weighted by molar-refractivity contribution is 0.0473. The van der Waals surface area contributed by atoms with Gasteiger partial charge >= 0.3 is 5.97 Å². The van der Waals surface area contributed by atoms with E-state index in [-0.39, 0.29) is 12.4 Å². The minimum atomic E-state index is -0.484. The van der Waals surface area contributed by atoms with E-state index in [1.54, 1.807) is 24.3 Å². The fourth-order valence-corrected chi connectivity index (χ4v) is 4.64. The molecule has 0 fully saturated rings. The number of para-hydroxylation sites is 1. The fourth-order valence-electron chi connectivity index (χ4n) is 4.38. The molecule has 4 aromatic rings. The first kappa shape index (κ1) is 22.4. The Balaban J connectivity index is 1.42. The van der Waals surface area contributed by atoms with Gasteiger partial charge in [-0.3, -0.25) is 14.7 Å². The van der Waals surface area contributed by atoms with Gasteiger partial charge in [-0.25, -0.2) is 4.79 Å². The highest BCUT2D eigenvalue weighted by molar-refractivity contribution is 9.10. The second-order valence-corrected chi connectivity index (χ2v) is 9.30. The van der Waals surface area contributed by atoms with E-state index in [4.69, 9.17) is 9.72 Å². The van der Waals surface area contributed by atoms with E-state index in [0.717, 1.165) is 46.1 Å². The van der Waals surface area contributed by atoms with Crippen molar-refractivity contribution in [2.24, 2.45) is 0 Å². The molecular formula is C28H23BrN2O3. The van der Waals surface area contributed by atoms with E-state index < -0.39 is 5.97 Å². The Kier molecular flexibility index (Phi) is 6.52. The quantitative estimate of drug-likeness (QED) is 0.247. The van der Waals surface area contributed by atoms with Crippen LogP contribution in [0.15, 0.2) is 83.3 Å². The standard InChI is InChI=1S/C28H23BrN2O3/c29-21-12-10-20(11-13-21)26(32)18-34-28(33)27-22-8-4-5-9-24(22)30-25-14-15-31(17-23(25)27)16-19-6-2-1-3-7-19/h1-13H,14-18H2. The number of carbonyl (C=O) groups excluding carboxylic acids is 2. The topological polar surface area (TPSA) is 59.5 Å². The van der Waals surface area contributed by atoms with E-state index >= 15 is 0 Å². The Bertz CT molecular complexity index is 1350. The predicted molar refractivity (Wildman–Crippen MR) is 135 cm³/mol. The number of nitrogens with zero attached hydrogens (tertiary/aromatic N) is 2. The van der Waals surface area contributed by atoms with Gasteiger partial charge in [-0.15, -0.1) is 0 Å². The molecule has 0 radical (unpaired) electrons. The van der Waals surface area contributed by atoms with Crippen LogP contribution < -0.4 is 0 Å². The van der Waals surface area contributed by atoms with Crippen LogP contribution >= 0.6 is 15.9 Å². The molecule has 3 aromatic carbocycles. The van der Waals surface area contributed by atoms with E-state index in [2.05, 4.69) is 33.0 Å². The monoisotopic (exact) mass is 514 g/mol. The lowest BCUT2D eigenvalue weighted by Crippen LogP contribution is -2.32. The van der Waals surface area contributed by atoms with Crippen LogP contribution in [0.5, 0.6) is 0 Å². The first-order valence-corrected chi connectivity index (χ1v) is 12.0. The second kappa shape index (κ2) is 9.87. The van der Waals surface area contributed by atoms with Gasteiger partial charge in [0.2, 0.25) is 0 Å². The van der Waals surface area contributed by atoms with Gasteiger partial charge in [0.1, 0.15) is 0 Å². The zero-order valence-electron chi connectivity index (χ0n) is 18.5. The molecule has 0 saturated heterocycles. The Morgan fingerprint density at radius 1 is 0.941 bits per heavy atom. The molecule has 2 heterocycles. The van der Waals surface area contributed by atoms with Gasteiger partial charge in [-0.2, -0.15) is 0 Å². The van der Waals surface area contributed by atoms with Crippen molar-refractivity contribution in [1.82, 2.24) is 9.88 Å². The van der Waals surface area contributed by atoms with Crippen LogP contribution in [-0.4, -0.2) is 34.8 Å². The van der Waals surface area contributed by atoms with Gasteiger partial charge in [0.25, 0.3) is 0 Å². The van der Waals surface area contributed by atoms with Crippen molar-refractivity contribution < 1.29 is 14.3 Å². The molecule has 0 bridgehead atoms. The van der Waals surface area contributed by atoms with Crippen LogP contribution in [0.25, 0.3) is 10.9 Å². The van der Waals surface area contributed by atoms with Crippen LogP contribution in [0.4, 0.5) is 0 Å². The molecule has 0 saturated carbocycles. The molecule has 0 spiro atoms. The Labute approximate surface area is 206 Å². The number of aromatic nitrogens is 1. The summed E-state index contributed by atoms with van der Waals surface area (Å²) in [4.78, 5) is 33.1. The number of fused-ring (bicyclic) bond motifs is 2. The molecule has 34 heavy (non-hydrogen) atoms. The van der Waals surface area contributed by atoms with E-state index in [1.807, 2.05) is 42.5 Å². The normalized spacial score (nSPS) is 13.4. The Morgan fingerprint density at radius 3 is 2.47 bits per heavy atom. The van der Waals surface area contributed by atoms with Crippen LogP contribution in [-0.2, 0) is 24.2 Å². The maximum absolute atomic E-state index is 13.4. The summed E-state index contributed by atoms with van der Waals surface area (Å²) in [5.74, 6) is -0.722. The molecule has 0 amide bonds. The summed E-state index contributed by atoms with van der Waals surface area (Å²) in [6, 6.07) is 24.9. The van der Waals surface area contributed by atoms with Crippen molar-refractivity contribution in [1.29, 1.82) is 0 Å². The number of halogens is 1. The molecule has 0 atom stereocenters. The number of pyridine rings is 1. The van der Waals surface area contributed by atoms with Crippen LogP contribution in [0.2, 0.25) is 0 Å². The van der Waals surface area contributed by atoms with Crippen molar-refractivity contribution in [3.8, 4) is 0 Å². The van der Waals surface area contributed by atoms with E-state index in [1.165, 1.54) is 5.56 Å². The predicted octanol–water partition coefficient (Wildman–Crippen LogP) is 5.60. The number of esters is 1. The number of Topliss-reactive ketones (excluding diaryl/α,β-unsaturated/α-hetero) is 1. The third-order valence-corrected chi connectivity index (χ3v) is 6.61. The minimum Gasteiger partial charge on any atom is -0.454 e. The van der Waals surface area contributed by atoms with Crippen molar-refractivity contribution in [2.75, 3.05) is 13.2 Å². The summed E-state index contributed by atoms with van der Waals surface area (Å²) in [5.41, 5.74) is 4.83. The summed E-state index contributed by atoms with van der Waals surface area (Å²) < 4.78 is 6.44. The Hall–Kier alpha value is -3.35. The van der Waals surface area contributed by atoms with Crippen LogP contribution in [0, 0.1) is 0 Å². The summed E-state index contributed by atoms with van der Waals surface area (Å²) in [5, 5.41) is 0.754. The highest BCUT2D eigenvalue weighted by Crippen LogP contribution is 2.29. The average Bonchev–Trinajstić information content (AvgIpc) is 2.86. The zero-order valence-corrected chi connectivity index (χ0v) is 20.1. The van der Waals surface area contributed by atoms with Crippen LogP contribution in [0.1, 0.15) is 37.5 Å². The maximum atomic E-state index is 13.4. The average molecular weight is 515 g/mol. The number of rotatable bonds is 6. The van der Waals surface area contributed by atoms with Gasteiger partial charge < -0.3 is 4.74 Å². The molecule has 0 N–H and O–H groups in total. The molecule has 1 aliphatic rings. The highest BCUT2D eigenvalue weighted by atomic mass is 79.9. The molecule has 5 nitrogen and oxygen atoms in total. The van der Waals surface area contributed by atoms with Crippen molar-refractivity contribution in [3.63, 3.8) is 0 Å². The first-order chi connectivity index (χ1) is 16.6. The van der Waals surface area contributed by atoms with Crippen molar-refractivity contribution >= 4 is 38.6 Å². The molecule has 0 aliphatic carbocycles. The lowest BCUT2D eigenvalue weighted by atomic mass is 9.95. The van der Waals surface area contributed by atoms with Gasteiger partial charge in [0.05, 0.1) is 11.1 Å². The van der Waals surface area contributed by atoms with Crippen LogP contribution in [0.3, 0.4) is 0 Å². The number of ketones is 1. The van der Waals surface area contributed by atoms with Gasteiger partial charge in [-0.1, -0.05) is 76.6 Å². The van der Waals surface area contributed by atoms with Gasteiger partial charge in [0.15, 0.2) is 12.4 Å². The number of ether oxygens (including phenoxy) is 1. The second-order valence-electron chi connectivity index (χ2n) is 8.38. The number of benzene rings is 3. The smallest absolute Gasteiger partial charge is 0.339 e. The summed E-state index contributed by atoms with van der Waals surface area (Å²) >= 11 is 3.36. The minimum absolute atomic E-state index is 0.237. The molecule has 1 aromatic heterocycles. The van der Waals surface area contributed by atoms with Gasteiger partial charge in [-0.05, 0) is 23.8 Å². The number of carbonyl (C=O) groups is 2. The number of hydrogen-bond donors (Lipinski definition) is 0. The third kappa shape index (κ3) is 4.79. The molecule has 5 rings (SSSR count). The van der Waals surface area contributed by atoms with E-state index in [9.17, 15) is 9.59 Å². The highest BCUT2D eigenvalue weighted by Gasteiger charge is 2.27. The Morgan fingerprint density at radius 2 is 1.68 bits per heavy atom. The summed E-state index contributed by atoms with van der Waals surface area (Å²) in [6.07, 6.45) is 0.755. The lowest BCUT2D eigenvalue weighted by Gasteiger charge is -2.30. The summed E-state index contributed by atoms with van der Waals surface area (Å²) in [7, 11) is 0. The van der Waals surface area contributed by atoms with Crippen molar-refractivity contribution in [2.45, 2.75) is 19.5 Å². The third-order valence-electron chi connectivity index (χ3n) is 6.08. The molecule has 0 unspecified atom stereocenters. The van der Waals surface area contributed by atoms with Gasteiger partial charge in [0, 0.05) is 52.7 Å². The molecule has 1 aliphatic heterocycles. The van der Waals surface area contributed by atoms with Crippen molar-refractivity contribution in [3.05, 3.63) is 111 Å². The largest absolute Gasteiger partial charge is 0.454 e. The number of hydrogen-bond acceptors (Lipinski definition) is 5. The van der Waals surface area contributed by atoms with E-state index in [0.29, 0.717) is 17.7 Å². The molecule has 170 valence electrons. The maximum Gasteiger partial charge on any atom is 0.339 e. The molecule has 6 heteroatoms. The molecular weight excluding hydrogens is 492 g/mol. The summed E-state index contributed by atoms with van der Waals surface area (Å²) in [6.45, 7) is 1.96. The SMILES string of the molecule is O=C(COC(=O)c1c2c(nc3ccccc13)CCN(Cc1ccccc1)C2)c1ccc(Br)cc1. The fraction of sp³-hybridized carbons (Fsp3) is 0.179. The first-order valence-electron chi connectivity index (χ1n) is 11.2.